The van der Waals surface area contributed by atoms with Gasteiger partial charge in [-0.15, -0.1) is 0 Å². The number of halogens is 1. The van der Waals surface area contributed by atoms with Crippen LogP contribution in [0.15, 0.2) is 64.3 Å². The molecule has 3 aromatic carbocycles. The zero-order valence-corrected chi connectivity index (χ0v) is 20.4. The van der Waals surface area contributed by atoms with Gasteiger partial charge in [-0.2, -0.15) is 0 Å². The van der Waals surface area contributed by atoms with Crippen LogP contribution in [0.25, 0.3) is 10.2 Å². The molecule has 0 bridgehead atoms. The van der Waals surface area contributed by atoms with Gasteiger partial charge in [-0.3, -0.25) is 14.3 Å². The number of aromatic nitrogens is 1. The van der Waals surface area contributed by atoms with Gasteiger partial charge in [0.25, 0.3) is 15.9 Å². The van der Waals surface area contributed by atoms with Crippen LogP contribution in [0.5, 0.6) is 0 Å². The first-order valence-corrected chi connectivity index (χ1v) is 12.5. The van der Waals surface area contributed by atoms with Gasteiger partial charge in [-0.05, 0) is 67.4 Å². The maximum absolute atomic E-state index is 13.0. The van der Waals surface area contributed by atoms with Crippen molar-refractivity contribution in [3.8, 4) is 0 Å². The second kappa shape index (κ2) is 8.66. The van der Waals surface area contributed by atoms with E-state index >= 15 is 0 Å². The largest absolute Gasteiger partial charge is 0.322 e. The van der Waals surface area contributed by atoms with E-state index in [4.69, 9.17) is 11.6 Å². The summed E-state index contributed by atoms with van der Waals surface area (Å²) in [4.78, 5) is 24.4. The summed E-state index contributed by atoms with van der Waals surface area (Å²) in [5, 5.41) is 2.74. The van der Waals surface area contributed by atoms with Gasteiger partial charge in [0.1, 0.15) is 4.90 Å². The molecule has 0 fully saturated rings. The van der Waals surface area contributed by atoms with Crippen molar-refractivity contribution in [1.29, 1.82) is 0 Å². The van der Waals surface area contributed by atoms with Crippen molar-refractivity contribution in [2.45, 2.75) is 18.7 Å². The van der Waals surface area contributed by atoms with E-state index in [1.54, 1.807) is 38.2 Å². The summed E-state index contributed by atoms with van der Waals surface area (Å²) < 4.78 is 30.9. The van der Waals surface area contributed by atoms with Crippen LogP contribution in [-0.4, -0.2) is 18.9 Å². The van der Waals surface area contributed by atoms with E-state index in [0.717, 1.165) is 32.7 Å². The smallest absolute Gasteiger partial charge is 0.307 e. The zero-order chi connectivity index (χ0) is 23.9. The van der Waals surface area contributed by atoms with E-state index in [9.17, 15) is 18.0 Å². The summed E-state index contributed by atoms with van der Waals surface area (Å²) >= 11 is 7.26. The van der Waals surface area contributed by atoms with Crippen molar-refractivity contribution in [1.82, 2.24) is 4.57 Å². The van der Waals surface area contributed by atoms with E-state index in [1.807, 2.05) is 19.1 Å². The van der Waals surface area contributed by atoms with Gasteiger partial charge in [0.15, 0.2) is 0 Å². The fraction of sp³-hybridized carbons (Fsp3) is 0.130. The molecule has 0 aliphatic carbocycles. The fourth-order valence-electron chi connectivity index (χ4n) is 3.31. The minimum absolute atomic E-state index is 0.000151. The second-order valence-corrected chi connectivity index (χ2v) is 10.7. The first-order chi connectivity index (χ1) is 15.5. The molecule has 0 unspecified atom stereocenters. The zero-order valence-electron chi connectivity index (χ0n) is 18.0. The standard InChI is InChI=1S/C23H20ClN3O4S2/c1-13-4-5-14(2)18(10-13)26-33(30,31)21-11-15(6-8-17(21)24)22(28)25-16-7-9-19-20(12-16)32-23(29)27(19)3/h4-12,26H,1-3H3,(H,25,28). The minimum atomic E-state index is -4.04. The highest BCUT2D eigenvalue weighted by Crippen LogP contribution is 2.28. The number of nitrogens with zero attached hydrogens (tertiary/aromatic N) is 1. The maximum atomic E-state index is 13.0. The third kappa shape index (κ3) is 4.66. The number of amides is 1. The number of thiazole rings is 1. The van der Waals surface area contributed by atoms with Crippen molar-refractivity contribution in [3.05, 3.63) is 86.0 Å². The number of carbonyl (C=O) groups excluding carboxylic acids is 1. The van der Waals surface area contributed by atoms with E-state index in [0.29, 0.717) is 11.4 Å². The van der Waals surface area contributed by atoms with Crippen molar-refractivity contribution >= 4 is 60.5 Å². The lowest BCUT2D eigenvalue weighted by molar-refractivity contribution is 0.102. The third-order valence-electron chi connectivity index (χ3n) is 5.17. The predicted molar refractivity (Wildman–Crippen MR) is 133 cm³/mol. The molecule has 33 heavy (non-hydrogen) atoms. The molecular formula is C23H20ClN3O4S2. The van der Waals surface area contributed by atoms with Gasteiger partial charge in [0, 0.05) is 18.3 Å². The summed E-state index contributed by atoms with van der Waals surface area (Å²) in [6, 6.07) is 14.6. The molecule has 1 aromatic heterocycles. The molecule has 1 heterocycles. The first-order valence-electron chi connectivity index (χ1n) is 9.86. The summed E-state index contributed by atoms with van der Waals surface area (Å²) in [7, 11) is -2.36. The molecule has 0 aliphatic rings. The van der Waals surface area contributed by atoms with Crippen molar-refractivity contribution in [3.63, 3.8) is 0 Å². The van der Waals surface area contributed by atoms with E-state index in [1.165, 1.54) is 22.8 Å². The Morgan fingerprint density at radius 1 is 1.03 bits per heavy atom. The molecule has 4 aromatic rings. The van der Waals surface area contributed by atoms with E-state index in [2.05, 4.69) is 10.0 Å². The molecule has 0 saturated carbocycles. The fourth-order valence-corrected chi connectivity index (χ4v) is 5.88. The number of rotatable bonds is 5. The summed E-state index contributed by atoms with van der Waals surface area (Å²) in [5.74, 6) is -0.502. The number of sulfonamides is 1. The van der Waals surface area contributed by atoms with Crippen LogP contribution in [0.4, 0.5) is 11.4 Å². The van der Waals surface area contributed by atoms with Crippen LogP contribution < -0.4 is 14.9 Å². The van der Waals surface area contributed by atoms with Crippen LogP contribution in [0.3, 0.4) is 0 Å². The Balaban J connectivity index is 1.63. The molecule has 0 spiro atoms. The number of anilines is 2. The molecular weight excluding hydrogens is 482 g/mol. The molecule has 7 nitrogen and oxygen atoms in total. The molecule has 170 valence electrons. The number of fused-ring (bicyclic) bond motifs is 1. The molecule has 0 atom stereocenters. The van der Waals surface area contributed by atoms with Gasteiger partial charge < -0.3 is 9.88 Å². The number of aryl methyl sites for hydroxylation is 3. The summed E-state index contributed by atoms with van der Waals surface area (Å²) in [5.41, 5.74) is 3.48. The number of nitrogens with one attached hydrogen (secondary N) is 2. The molecule has 2 N–H and O–H groups in total. The van der Waals surface area contributed by atoms with E-state index in [-0.39, 0.29) is 20.4 Å². The lowest BCUT2D eigenvalue weighted by Gasteiger charge is -2.13. The summed E-state index contributed by atoms with van der Waals surface area (Å²) in [6.45, 7) is 3.66. The van der Waals surface area contributed by atoms with Crippen molar-refractivity contribution in [2.75, 3.05) is 10.0 Å². The SMILES string of the molecule is Cc1ccc(C)c(NS(=O)(=O)c2cc(C(=O)Nc3ccc4c(c3)sc(=O)n4C)ccc2Cl)c1. The monoisotopic (exact) mass is 501 g/mol. The quantitative estimate of drug-likeness (QED) is 0.405. The van der Waals surface area contributed by atoms with Crippen LogP contribution in [-0.2, 0) is 17.1 Å². The highest BCUT2D eigenvalue weighted by atomic mass is 35.5. The highest BCUT2D eigenvalue weighted by molar-refractivity contribution is 7.92. The van der Waals surface area contributed by atoms with Gasteiger partial charge >= 0.3 is 4.87 Å². The predicted octanol–water partition coefficient (Wildman–Crippen LogP) is 4.92. The van der Waals surface area contributed by atoms with E-state index < -0.39 is 15.9 Å². The molecule has 1 amide bonds. The molecule has 0 radical (unpaired) electrons. The molecule has 10 heteroatoms. The lowest BCUT2D eigenvalue weighted by Crippen LogP contribution is -2.17. The molecule has 4 rings (SSSR count). The Morgan fingerprint density at radius 3 is 2.55 bits per heavy atom. The second-order valence-electron chi connectivity index (χ2n) is 7.63. The van der Waals surface area contributed by atoms with Crippen LogP contribution in [0.1, 0.15) is 21.5 Å². The van der Waals surface area contributed by atoms with Gasteiger partial charge in [-0.25, -0.2) is 8.42 Å². The van der Waals surface area contributed by atoms with Gasteiger partial charge in [0.2, 0.25) is 0 Å². The van der Waals surface area contributed by atoms with Crippen LogP contribution >= 0.6 is 22.9 Å². The Labute approximate surface area is 199 Å². The number of benzene rings is 3. The number of hydrogen-bond acceptors (Lipinski definition) is 5. The average molecular weight is 502 g/mol. The molecule has 0 aliphatic heterocycles. The minimum Gasteiger partial charge on any atom is -0.322 e. The Kier molecular flexibility index (Phi) is 6.04. The number of carbonyl (C=O) groups is 1. The van der Waals surface area contributed by atoms with Crippen molar-refractivity contribution in [2.24, 2.45) is 7.05 Å². The average Bonchev–Trinajstić information content (AvgIpc) is 3.03. The third-order valence-corrected chi connectivity index (χ3v) is 8.01. The highest BCUT2D eigenvalue weighted by Gasteiger charge is 2.21. The lowest BCUT2D eigenvalue weighted by atomic mass is 10.1. The topological polar surface area (TPSA) is 97.3 Å². The number of hydrogen-bond donors (Lipinski definition) is 2. The normalized spacial score (nSPS) is 11.5. The van der Waals surface area contributed by atoms with Crippen LogP contribution in [0.2, 0.25) is 5.02 Å². The Morgan fingerprint density at radius 2 is 1.79 bits per heavy atom. The molecule has 0 saturated heterocycles. The van der Waals surface area contributed by atoms with Gasteiger partial charge in [0.05, 0.1) is 20.9 Å². The maximum Gasteiger partial charge on any atom is 0.307 e. The first kappa shape index (κ1) is 23.0. The Hall–Kier alpha value is -3.14. The summed E-state index contributed by atoms with van der Waals surface area (Å²) in [6.07, 6.45) is 0. The Bertz CT molecular complexity index is 1570. The van der Waals surface area contributed by atoms with Crippen LogP contribution in [0, 0.1) is 13.8 Å². The van der Waals surface area contributed by atoms with Crippen molar-refractivity contribution < 1.29 is 13.2 Å². The van der Waals surface area contributed by atoms with Gasteiger partial charge in [-0.1, -0.05) is 35.1 Å².